The number of phenolic OH excluding ortho intramolecular Hbond substituents is 2. The largest absolute Gasteiger partial charge is 0.507 e. The number of aromatic hydroxyl groups is 2. The third kappa shape index (κ3) is 14.1. The Kier molecular flexibility index (Phi) is 16.9. The fourth-order valence-corrected chi connectivity index (χ4v) is 5.09. The van der Waals surface area contributed by atoms with Gasteiger partial charge in [0.15, 0.2) is 0 Å². The Labute approximate surface area is 312 Å². The highest BCUT2D eigenvalue weighted by Gasteiger charge is 2.10. The zero-order valence-electron chi connectivity index (χ0n) is 30.7. The maximum absolute atomic E-state index is 12.5. The van der Waals surface area contributed by atoms with Crippen molar-refractivity contribution in [1.82, 2.24) is 0 Å². The first-order valence-corrected chi connectivity index (χ1v) is 18.4. The van der Waals surface area contributed by atoms with E-state index in [1.165, 1.54) is 25.7 Å². The Balaban J connectivity index is 1.13. The molecule has 0 saturated heterocycles. The van der Waals surface area contributed by atoms with Gasteiger partial charge in [-0.15, -0.1) is 0 Å². The van der Waals surface area contributed by atoms with E-state index in [2.05, 4.69) is 23.8 Å². The summed E-state index contributed by atoms with van der Waals surface area (Å²) < 4.78 is 22.1. The molecule has 0 radical (unpaired) electrons. The monoisotopic (exact) mass is 722 g/mol. The lowest BCUT2D eigenvalue weighted by Gasteiger charge is -2.08. The van der Waals surface area contributed by atoms with Gasteiger partial charge in [-0.2, -0.15) is 0 Å². The van der Waals surface area contributed by atoms with E-state index in [-0.39, 0.29) is 24.7 Å². The van der Waals surface area contributed by atoms with Crippen LogP contribution in [0.4, 0.5) is 11.4 Å². The fourth-order valence-electron chi connectivity index (χ4n) is 5.09. The van der Waals surface area contributed by atoms with Gasteiger partial charge in [0.25, 0.3) is 0 Å². The quantitative estimate of drug-likeness (QED) is 0.0465. The molecule has 0 aliphatic rings. The number of carbonyl (C=O) groups excluding carboxylic acids is 2. The molecule has 0 bridgehead atoms. The molecule has 53 heavy (non-hydrogen) atoms. The molecule has 2 N–H and O–H groups in total. The van der Waals surface area contributed by atoms with Crippen molar-refractivity contribution in [3.63, 3.8) is 0 Å². The highest BCUT2D eigenvalue weighted by Crippen LogP contribution is 2.25. The van der Waals surface area contributed by atoms with Gasteiger partial charge in [-0.25, -0.2) is 9.59 Å². The first-order valence-electron chi connectivity index (χ1n) is 18.4. The lowest BCUT2D eigenvalue weighted by Crippen LogP contribution is -2.11. The number of ether oxygens (including phenoxy) is 4. The smallest absolute Gasteiger partial charge is 0.338 e. The van der Waals surface area contributed by atoms with Gasteiger partial charge in [-0.1, -0.05) is 52.4 Å². The maximum atomic E-state index is 12.5. The van der Waals surface area contributed by atoms with Crippen molar-refractivity contribution in [3.8, 4) is 23.0 Å². The van der Waals surface area contributed by atoms with Gasteiger partial charge in [-0.05, 0) is 85.6 Å². The van der Waals surface area contributed by atoms with Gasteiger partial charge >= 0.3 is 11.9 Å². The van der Waals surface area contributed by atoms with Gasteiger partial charge in [0.05, 0.1) is 48.9 Å². The van der Waals surface area contributed by atoms with E-state index in [1.54, 1.807) is 97.4 Å². The van der Waals surface area contributed by atoms with Crippen LogP contribution in [0.1, 0.15) is 103 Å². The number of esters is 2. The van der Waals surface area contributed by atoms with E-state index >= 15 is 0 Å². The van der Waals surface area contributed by atoms with Crippen LogP contribution in [0.2, 0.25) is 0 Å². The van der Waals surface area contributed by atoms with Crippen molar-refractivity contribution in [2.45, 2.75) is 71.6 Å². The van der Waals surface area contributed by atoms with Crippen molar-refractivity contribution < 1.29 is 38.7 Å². The molecule has 0 saturated carbocycles. The van der Waals surface area contributed by atoms with E-state index in [1.807, 2.05) is 0 Å². The SMILES string of the molecule is CCCCCCOc1ccc(C=Nc2ccc(C(=O)OCCCOC(=O)c3ccc(N=Cc4ccc(OCCCCCC)cc4O)cc3)cc2)c(O)c1. The average Bonchev–Trinajstić information content (AvgIpc) is 3.17. The fraction of sp³-hybridized carbons (Fsp3) is 0.349. The molecule has 4 aromatic rings. The number of nitrogens with zero attached hydrogens (tertiary/aromatic N) is 2. The normalized spacial score (nSPS) is 11.2. The van der Waals surface area contributed by atoms with Crippen LogP contribution < -0.4 is 9.47 Å². The second-order valence-electron chi connectivity index (χ2n) is 12.5. The van der Waals surface area contributed by atoms with Crippen LogP contribution in [0.5, 0.6) is 23.0 Å². The molecule has 0 aromatic heterocycles. The maximum Gasteiger partial charge on any atom is 0.338 e. The van der Waals surface area contributed by atoms with Crippen molar-refractivity contribution in [3.05, 3.63) is 107 Å². The van der Waals surface area contributed by atoms with Crippen LogP contribution >= 0.6 is 0 Å². The zero-order chi connectivity index (χ0) is 37.7. The van der Waals surface area contributed by atoms with Crippen molar-refractivity contribution >= 4 is 35.7 Å². The molecule has 4 aromatic carbocycles. The minimum absolute atomic E-state index is 0.0729. The average molecular weight is 723 g/mol. The third-order valence-corrected chi connectivity index (χ3v) is 8.20. The van der Waals surface area contributed by atoms with E-state index in [4.69, 9.17) is 18.9 Å². The van der Waals surface area contributed by atoms with Crippen molar-refractivity contribution in [2.75, 3.05) is 26.4 Å². The number of hydrogen-bond acceptors (Lipinski definition) is 10. The van der Waals surface area contributed by atoms with Gasteiger partial charge < -0.3 is 29.2 Å². The van der Waals surface area contributed by atoms with E-state index in [0.29, 0.717) is 64.8 Å². The minimum atomic E-state index is -0.499. The van der Waals surface area contributed by atoms with Crippen LogP contribution in [0.15, 0.2) is 94.9 Å². The second-order valence-corrected chi connectivity index (χ2v) is 12.5. The van der Waals surface area contributed by atoms with E-state index in [9.17, 15) is 19.8 Å². The Morgan fingerprint density at radius 3 is 1.32 bits per heavy atom. The molecule has 0 unspecified atom stereocenters. The molecule has 0 heterocycles. The van der Waals surface area contributed by atoms with Crippen LogP contribution in [0.25, 0.3) is 0 Å². The van der Waals surface area contributed by atoms with Gasteiger partial charge in [0.2, 0.25) is 0 Å². The lowest BCUT2D eigenvalue weighted by molar-refractivity contribution is 0.0396. The molecule has 0 aliphatic heterocycles. The number of unbranched alkanes of at least 4 members (excludes halogenated alkanes) is 6. The van der Waals surface area contributed by atoms with E-state index in [0.717, 1.165) is 25.7 Å². The zero-order valence-corrected chi connectivity index (χ0v) is 30.7. The van der Waals surface area contributed by atoms with Crippen LogP contribution in [0, 0.1) is 0 Å². The van der Waals surface area contributed by atoms with Gasteiger partial charge in [0, 0.05) is 42.1 Å². The number of carbonyl (C=O) groups is 2. The molecular formula is C43H50N2O8. The number of hydrogen-bond donors (Lipinski definition) is 2. The molecular weight excluding hydrogens is 672 g/mol. The molecule has 10 nitrogen and oxygen atoms in total. The standard InChI is InChI=1S/C43H50N2O8/c1-3-5-7-9-24-50-38-22-16-34(40(46)28-38)30-44-36-18-12-32(13-19-36)42(48)52-26-11-27-53-43(49)33-14-20-37(21-15-33)45-31-35-17-23-39(29-41(35)47)51-25-10-8-6-4-2/h12-23,28-31,46-47H,3-11,24-27H2,1-2H3. The number of benzene rings is 4. The highest BCUT2D eigenvalue weighted by molar-refractivity contribution is 5.91. The molecule has 0 aliphatic carbocycles. The van der Waals surface area contributed by atoms with Crippen LogP contribution in [-0.2, 0) is 9.47 Å². The third-order valence-electron chi connectivity index (χ3n) is 8.20. The minimum Gasteiger partial charge on any atom is -0.507 e. The summed E-state index contributed by atoms with van der Waals surface area (Å²) in [4.78, 5) is 33.8. The predicted octanol–water partition coefficient (Wildman–Crippen LogP) is 9.92. The van der Waals surface area contributed by atoms with Crippen molar-refractivity contribution in [2.24, 2.45) is 9.98 Å². The molecule has 0 atom stereocenters. The summed E-state index contributed by atoms with van der Waals surface area (Å²) in [5.74, 6) is 0.380. The Bertz CT molecular complexity index is 1650. The molecule has 0 spiro atoms. The van der Waals surface area contributed by atoms with Crippen molar-refractivity contribution in [1.29, 1.82) is 0 Å². The summed E-state index contributed by atoms with van der Waals surface area (Å²) in [6.07, 6.45) is 12.3. The summed E-state index contributed by atoms with van der Waals surface area (Å²) in [5.41, 5.74) is 3.03. The topological polar surface area (TPSA) is 136 Å². The van der Waals surface area contributed by atoms with Gasteiger partial charge in [0.1, 0.15) is 23.0 Å². The highest BCUT2D eigenvalue weighted by atomic mass is 16.5. The molecule has 0 fully saturated rings. The summed E-state index contributed by atoms with van der Waals surface area (Å²) in [7, 11) is 0. The molecule has 4 rings (SSSR count). The van der Waals surface area contributed by atoms with Crippen LogP contribution in [0.3, 0.4) is 0 Å². The molecule has 280 valence electrons. The summed E-state index contributed by atoms with van der Waals surface area (Å²) >= 11 is 0. The summed E-state index contributed by atoms with van der Waals surface area (Å²) in [5, 5.41) is 20.7. The molecule has 0 amide bonds. The van der Waals surface area contributed by atoms with E-state index < -0.39 is 11.9 Å². The summed E-state index contributed by atoms with van der Waals surface area (Å²) in [6, 6.07) is 23.5. The first kappa shape index (κ1) is 40.1. The number of rotatable bonds is 22. The van der Waals surface area contributed by atoms with Crippen LogP contribution in [-0.4, -0.2) is 61.0 Å². The summed E-state index contributed by atoms with van der Waals surface area (Å²) in [6.45, 7) is 5.72. The Morgan fingerprint density at radius 2 is 0.943 bits per heavy atom. The Morgan fingerprint density at radius 1 is 0.528 bits per heavy atom. The second kappa shape index (κ2) is 22.3. The molecule has 10 heteroatoms. The predicted molar refractivity (Wildman–Crippen MR) is 208 cm³/mol. The lowest BCUT2D eigenvalue weighted by atomic mass is 10.2. The van der Waals surface area contributed by atoms with Gasteiger partial charge in [-0.3, -0.25) is 9.98 Å². The Hall–Kier alpha value is -5.64. The number of aliphatic imine (C=N–C) groups is 2. The number of phenols is 2. The first-order chi connectivity index (χ1) is 25.9.